The number of hydrogen-bond acceptors (Lipinski definition) is 6. The number of aliphatic hydroxyl groups is 2. The standard InChI is InChI=1S/C15H18O6/c1-2-8-19-15-13(17)12(16)11(9-20-15)21-14(18)10-6-4-3-5-7-10/h2-7,11-13,15-17H,1,8-9H2/t11-,12+,13-,15-/m1/s1. The monoisotopic (exact) mass is 294 g/mol. The fourth-order valence-electron chi connectivity index (χ4n) is 1.96. The van der Waals surface area contributed by atoms with E-state index in [1.165, 1.54) is 6.08 Å². The van der Waals surface area contributed by atoms with E-state index in [1.54, 1.807) is 30.3 Å². The highest BCUT2D eigenvalue weighted by Gasteiger charge is 2.41. The molecule has 0 spiro atoms. The van der Waals surface area contributed by atoms with Gasteiger partial charge in [0.25, 0.3) is 0 Å². The quantitative estimate of drug-likeness (QED) is 0.607. The van der Waals surface area contributed by atoms with E-state index in [9.17, 15) is 15.0 Å². The van der Waals surface area contributed by atoms with Crippen molar-refractivity contribution in [1.82, 2.24) is 0 Å². The fraction of sp³-hybridized carbons (Fsp3) is 0.400. The summed E-state index contributed by atoms with van der Waals surface area (Å²) < 4.78 is 15.6. The van der Waals surface area contributed by atoms with Gasteiger partial charge in [0.1, 0.15) is 12.2 Å². The maximum absolute atomic E-state index is 11.9. The smallest absolute Gasteiger partial charge is 0.338 e. The number of esters is 1. The van der Waals surface area contributed by atoms with Crippen molar-refractivity contribution in [2.45, 2.75) is 24.6 Å². The van der Waals surface area contributed by atoms with Crippen molar-refractivity contribution in [2.24, 2.45) is 0 Å². The second-order valence-corrected chi connectivity index (χ2v) is 4.61. The molecule has 2 N–H and O–H groups in total. The highest BCUT2D eigenvalue weighted by molar-refractivity contribution is 5.89. The van der Waals surface area contributed by atoms with Crippen LogP contribution in [0.15, 0.2) is 43.0 Å². The third-order valence-electron chi connectivity index (χ3n) is 3.08. The molecule has 1 heterocycles. The van der Waals surface area contributed by atoms with Gasteiger partial charge in [-0.1, -0.05) is 24.3 Å². The van der Waals surface area contributed by atoms with Gasteiger partial charge < -0.3 is 24.4 Å². The van der Waals surface area contributed by atoms with Gasteiger partial charge in [-0.05, 0) is 12.1 Å². The number of hydrogen-bond donors (Lipinski definition) is 2. The molecule has 0 aliphatic carbocycles. The van der Waals surface area contributed by atoms with Crippen molar-refractivity contribution < 1.29 is 29.2 Å². The lowest BCUT2D eigenvalue weighted by Crippen LogP contribution is -2.55. The molecule has 6 heteroatoms. The summed E-state index contributed by atoms with van der Waals surface area (Å²) in [6, 6.07) is 8.40. The summed E-state index contributed by atoms with van der Waals surface area (Å²) in [4.78, 5) is 11.9. The maximum atomic E-state index is 11.9. The van der Waals surface area contributed by atoms with Gasteiger partial charge in [-0.25, -0.2) is 4.79 Å². The van der Waals surface area contributed by atoms with Crippen LogP contribution in [0, 0.1) is 0 Å². The predicted octanol–water partition coefficient (Wildman–Crippen LogP) is 0.493. The summed E-state index contributed by atoms with van der Waals surface area (Å²) in [7, 11) is 0. The molecular weight excluding hydrogens is 276 g/mol. The van der Waals surface area contributed by atoms with Crippen molar-refractivity contribution in [3.05, 3.63) is 48.6 Å². The molecule has 0 unspecified atom stereocenters. The minimum absolute atomic E-state index is 0.0569. The minimum atomic E-state index is -1.30. The first-order valence-electron chi connectivity index (χ1n) is 6.59. The molecule has 1 fully saturated rings. The van der Waals surface area contributed by atoms with E-state index in [2.05, 4.69) is 6.58 Å². The minimum Gasteiger partial charge on any atom is -0.453 e. The van der Waals surface area contributed by atoms with Crippen LogP contribution in [0.3, 0.4) is 0 Å². The number of carbonyl (C=O) groups excluding carboxylic acids is 1. The second-order valence-electron chi connectivity index (χ2n) is 4.61. The molecule has 1 aromatic carbocycles. The van der Waals surface area contributed by atoms with Crippen LogP contribution in [-0.4, -0.2) is 54.0 Å². The molecule has 0 aromatic heterocycles. The maximum Gasteiger partial charge on any atom is 0.338 e. The molecule has 0 bridgehead atoms. The molecule has 21 heavy (non-hydrogen) atoms. The van der Waals surface area contributed by atoms with Gasteiger partial charge in [0.05, 0.1) is 18.8 Å². The average molecular weight is 294 g/mol. The summed E-state index contributed by atoms with van der Waals surface area (Å²) >= 11 is 0. The number of benzene rings is 1. The first-order chi connectivity index (χ1) is 10.1. The molecule has 2 rings (SSSR count). The Hall–Kier alpha value is -1.73. The normalized spacial score (nSPS) is 28.9. The van der Waals surface area contributed by atoms with Crippen LogP contribution in [0.2, 0.25) is 0 Å². The van der Waals surface area contributed by atoms with Gasteiger partial charge in [0.15, 0.2) is 12.4 Å². The predicted molar refractivity (Wildman–Crippen MR) is 73.5 cm³/mol. The summed E-state index contributed by atoms with van der Waals surface area (Å²) in [5, 5.41) is 19.9. The molecule has 114 valence electrons. The van der Waals surface area contributed by atoms with Crippen LogP contribution < -0.4 is 0 Å². The Morgan fingerprint density at radius 1 is 1.33 bits per heavy atom. The summed E-state index contributed by atoms with van der Waals surface area (Å²) in [6.45, 7) is 3.61. The van der Waals surface area contributed by atoms with Crippen LogP contribution in [0.4, 0.5) is 0 Å². The summed E-state index contributed by atoms with van der Waals surface area (Å²) in [5.74, 6) is -0.582. The molecule has 1 aliphatic heterocycles. The fourth-order valence-corrected chi connectivity index (χ4v) is 1.96. The largest absolute Gasteiger partial charge is 0.453 e. The lowest BCUT2D eigenvalue weighted by atomic mass is 10.1. The highest BCUT2D eigenvalue weighted by atomic mass is 16.7. The molecule has 4 atom stereocenters. The van der Waals surface area contributed by atoms with Crippen molar-refractivity contribution in [2.75, 3.05) is 13.2 Å². The molecule has 1 saturated heterocycles. The molecule has 1 aromatic rings. The van der Waals surface area contributed by atoms with E-state index in [1.807, 2.05) is 0 Å². The van der Waals surface area contributed by atoms with Gasteiger partial charge in [-0.3, -0.25) is 0 Å². The Kier molecular flexibility index (Phi) is 5.46. The highest BCUT2D eigenvalue weighted by Crippen LogP contribution is 2.20. The van der Waals surface area contributed by atoms with E-state index in [0.29, 0.717) is 5.56 Å². The molecule has 0 saturated carbocycles. The molecule has 0 radical (unpaired) electrons. The number of ether oxygens (including phenoxy) is 3. The summed E-state index contributed by atoms with van der Waals surface area (Å²) in [6.07, 6.45) is -2.99. The third-order valence-corrected chi connectivity index (χ3v) is 3.08. The Labute approximate surface area is 122 Å². The van der Waals surface area contributed by atoms with E-state index in [0.717, 1.165) is 0 Å². The topological polar surface area (TPSA) is 85.2 Å². The summed E-state index contributed by atoms with van der Waals surface area (Å²) in [5.41, 5.74) is 0.365. The van der Waals surface area contributed by atoms with Crippen LogP contribution in [0.5, 0.6) is 0 Å². The Morgan fingerprint density at radius 3 is 2.71 bits per heavy atom. The second kappa shape index (κ2) is 7.33. The van der Waals surface area contributed by atoms with Crippen LogP contribution in [0.1, 0.15) is 10.4 Å². The number of aliphatic hydroxyl groups excluding tert-OH is 2. The van der Waals surface area contributed by atoms with Gasteiger partial charge >= 0.3 is 5.97 Å². The van der Waals surface area contributed by atoms with Crippen molar-refractivity contribution in [3.63, 3.8) is 0 Å². The molecular formula is C15H18O6. The SMILES string of the molecule is C=CCO[C@@H]1OC[C@@H](OC(=O)c2ccccc2)[C@H](O)[C@H]1O. The average Bonchev–Trinajstić information content (AvgIpc) is 2.52. The zero-order chi connectivity index (χ0) is 15.2. The Balaban J connectivity index is 1.93. The van der Waals surface area contributed by atoms with Crippen molar-refractivity contribution in [1.29, 1.82) is 0 Å². The van der Waals surface area contributed by atoms with E-state index < -0.39 is 30.6 Å². The van der Waals surface area contributed by atoms with Crippen LogP contribution in [0.25, 0.3) is 0 Å². The van der Waals surface area contributed by atoms with Crippen molar-refractivity contribution >= 4 is 5.97 Å². The zero-order valence-corrected chi connectivity index (χ0v) is 11.4. The number of carbonyl (C=O) groups is 1. The zero-order valence-electron chi connectivity index (χ0n) is 11.4. The molecule has 0 amide bonds. The first-order valence-corrected chi connectivity index (χ1v) is 6.59. The lowest BCUT2D eigenvalue weighted by Gasteiger charge is -2.36. The third kappa shape index (κ3) is 3.89. The van der Waals surface area contributed by atoms with Gasteiger partial charge in [0.2, 0.25) is 0 Å². The van der Waals surface area contributed by atoms with E-state index in [-0.39, 0.29) is 13.2 Å². The van der Waals surface area contributed by atoms with Crippen molar-refractivity contribution in [3.8, 4) is 0 Å². The van der Waals surface area contributed by atoms with E-state index in [4.69, 9.17) is 14.2 Å². The van der Waals surface area contributed by atoms with Crippen LogP contribution >= 0.6 is 0 Å². The Bertz CT molecular complexity index is 474. The molecule has 1 aliphatic rings. The lowest BCUT2D eigenvalue weighted by molar-refractivity contribution is -0.266. The van der Waals surface area contributed by atoms with Gasteiger partial charge in [-0.2, -0.15) is 0 Å². The van der Waals surface area contributed by atoms with Gasteiger partial charge in [-0.15, -0.1) is 6.58 Å². The van der Waals surface area contributed by atoms with Gasteiger partial charge in [0, 0.05) is 0 Å². The Morgan fingerprint density at radius 2 is 2.05 bits per heavy atom. The van der Waals surface area contributed by atoms with E-state index >= 15 is 0 Å². The first kappa shape index (κ1) is 15.7. The molecule has 6 nitrogen and oxygen atoms in total. The number of rotatable bonds is 5. The van der Waals surface area contributed by atoms with Crippen LogP contribution in [-0.2, 0) is 14.2 Å².